The molecular formula is C17H36ClNO2. The van der Waals surface area contributed by atoms with Gasteiger partial charge in [0.05, 0.1) is 27.7 Å². The fourth-order valence-electron chi connectivity index (χ4n) is 2.21. The van der Waals surface area contributed by atoms with Crippen LogP contribution in [-0.2, 0) is 9.53 Å². The second-order valence-corrected chi connectivity index (χ2v) is 6.85. The molecule has 0 saturated heterocycles. The van der Waals surface area contributed by atoms with E-state index in [-0.39, 0.29) is 18.4 Å². The number of hydrogen-bond donors (Lipinski definition) is 0. The Kier molecular flexibility index (Phi) is 16.0. The zero-order valence-electron chi connectivity index (χ0n) is 14.6. The van der Waals surface area contributed by atoms with Crippen molar-refractivity contribution in [1.29, 1.82) is 0 Å². The molecule has 0 spiro atoms. The molecule has 0 aliphatic carbocycles. The average molecular weight is 322 g/mol. The minimum absolute atomic E-state index is 0. The molecule has 0 heterocycles. The van der Waals surface area contributed by atoms with E-state index in [4.69, 9.17) is 4.74 Å². The van der Waals surface area contributed by atoms with Crippen LogP contribution in [-0.4, -0.2) is 44.7 Å². The number of quaternary nitrogens is 1. The predicted molar refractivity (Wildman–Crippen MR) is 85.7 cm³/mol. The average Bonchev–Trinajstić information content (AvgIpc) is 2.34. The van der Waals surface area contributed by atoms with Crippen molar-refractivity contribution < 1.29 is 26.4 Å². The van der Waals surface area contributed by atoms with E-state index < -0.39 is 0 Å². The smallest absolute Gasteiger partial charge is 0.361 e. The molecule has 0 rings (SSSR count). The van der Waals surface area contributed by atoms with E-state index in [1.165, 1.54) is 57.8 Å². The number of carbonyl (C=O) groups excluding carboxylic acids is 1. The van der Waals surface area contributed by atoms with Gasteiger partial charge in [0.15, 0.2) is 6.54 Å². The summed E-state index contributed by atoms with van der Waals surface area (Å²) in [6, 6.07) is 0. The summed E-state index contributed by atoms with van der Waals surface area (Å²) in [6.45, 7) is 3.31. The van der Waals surface area contributed by atoms with Crippen LogP contribution in [0.2, 0.25) is 0 Å². The van der Waals surface area contributed by atoms with Gasteiger partial charge in [-0.2, -0.15) is 0 Å². The van der Waals surface area contributed by atoms with Crippen molar-refractivity contribution >= 4 is 5.97 Å². The Labute approximate surface area is 138 Å². The van der Waals surface area contributed by atoms with Crippen LogP contribution in [0.5, 0.6) is 0 Å². The Hall–Kier alpha value is -0.280. The molecule has 0 aliphatic rings. The highest BCUT2D eigenvalue weighted by Crippen LogP contribution is 2.10. The van der Waals surface area contributed by atoms with Crippen LogP contribution in [0.25, 0.3) is 0 Å². The van der Waals surface area contributed by atoms with Crippen molar-refractivity contribution in [3.63, 3.8) is 0 Å². The first-order chi connectivity index (χ1) is 9.45. The van der Waals surface area contributed by atoms with Crippen LogP contribution in [0.4, 0.5) is 0 Å². The molecule has 3 nitrogen and oxygen atoms in total. The van der Waals surface area contributed by atoms with Gasteiger partial charge in [0.2, 0.25) is 0 Å². The number of unbranched alkanes of at least 4 members (excludes halogenated alkanes) is 9. The highest BCUT2D eigenvalue weighted by atomic mass is 35.5. The predicted octanol–water partition coefficient (Wildman–Crippen LogP) is 1.16. The van der Waals surface area contributed by atoms with E-state index in [1.807, 2.05) is 21.1 Å². The number of carbonyl (C=O) groups is 1. The molecule has 4 heteroatoms. The maximum atomic E-state index is 11.5. The summed E-state index contributed by atoms with van der Waals surface area (Å²) >= 11 is 0. The lowest BCUT2D eigenvalue weighted by molar-refractivity contribution is -0.862. The third-order valence-corrected chi connectivity index (χ3v) is 3.36. The van der Waals surface area contributed by atoms with Crippen molar-refractivity contribution in [2.24, 2.45) is 0 Å². The van der Waals surface area contributed by atoms with E-state index in [2.05, 4.69) is 6.92 Å². The summed E-state index contributed by atoms with van der Waals surface area (Å²) in [5, 5.41) is 0. The molecule has 0 saturated carbocycles. The number of halogens is 1. The van der Waals surface area contributed by atoms with Gasteiger partial charge in [-0.15, -0.1) is 0 Å². The molecule has 0 aromatic heterocycles. The van der Waals surface area contributed by atoms with E-state index in [0.29, 0.717) is 17.6 Å². The Bertz CT molecular complexity index is 239. The first-order valence-corrected chi connectivity index (χ1v) is 8.42. The van der Waals surface area contributed by atoms with E-state index in [0.717, 1.165) is 6.42 Å². The van der Waals surface area contributed by atoms with Gasteiger partial charge in [-0.25, -0.2) is 4.79 Å². The Balaban J connectivity index is 0. The topological polar surface area (TPSA) is 26.3 Å². The number of esters is 1. The zero-order chi connectivity index (χ0) is 15.3. The second kappa shape index (κ2) is 14.6. The van der Waals surface area contributed by atoms with Gasteiger partial charge >= 0.3 is 5.97 Å². The molecule has 0 atom stereocenters. The summed E-state index contributed by atoms with van der Waals surface area (Å²) in [7, 11) is 6.01. The third kappa shape index (κ3) is 19.7. The standard InChI is InChI=1S/C17H36NO2.ClH/c1-5-6-7-8-9-10-11-12-13-14-15-20-17(19)16-18(2,3)4;/h5-16H2,1-4H3;1H/q+1;/p-1. The molecule has 0 aliphatic heterocycles. The largest absolute Gasteiger partial charge is 1.00 e. The molecule has 21 heavy (non-hydrogen) atoms. The van der Waals surface area contributed by atoms with Crippen molar-refractivity contribution in [1.82, 2.24) is 0 Å². The van der Waals surface area contributed by atoms with E-state index >= 15 is 0 Å². The fourth-order valence-corrected chi connectivity index (χ4v) is 2.21. The molecule has 0 radical (unpaired) electrons. The lowest BCUT2D eigenvalue weighted by Gasteiger charge is -2.22. The molecular weight excluding hydrogens is 286 g/mol. The lowest BCUT2D eigenvalue weighted by Crippen LogP contribution is -3.00. The molecule has 0 fully saturated rings. The minimum atomic E-state index is -0.0755. The Morgan fingerprint density at radius 2 is 1.24 bits per heavy atom. The number of nitrogens with zero attached hydrogens (tertiary/aromatic N) is 1. The van der Waals surface area contributed by atoms with Gasteiger partial charge in [-0.05, 0) is 6.42 Å². The molecule has 0 N–H and O–H groups in total. The number of rotatable bonds is 13. The van der Waals surface area contributed by atoms with Crippen LogP contribution >= 0.6 is 0 Å². The van der Waals surface area contributed by atoms with Crippen LogP contribution in [0.1, 0.15) is 71.1 Å². The van der Waals surface area contributed by atoms with E-state index in [9.17, 15) is 4.79 Å². The SMILES string of the molecule is CCCCCCCCCCCCOC(=O)C[N+](C)(C)C.[Cl-]. The maximum Gasteiger partial charge on any atom is 0.361 e. The fraction of sp³-hybridized carbons (Fsp3) is 0.941. The third-order valence-electron chi connectivity index (χ3n) is 3.36. The Morgan fingerprint density at radius 1 is 0.810 bits per heavy atom. The molecule has 128 valence electrons. The monoisotopic (exact) mass is 321 g/mol. The van der Waals surface area contributed by atoms with Gasteiger partial charge in [0.1, 0.15) is 0 Å². The van der Waals surface area contributed by atoms with Crippen LogP contribution < -0.4 is 12.4 Å². The molecule has 0 aromatic rings. The van der Waals surface area contributed by atoms with Crippen molar-refractivity contribution in [3.05, 3.63) is 0 Å². The van der Waals surface area contributed by atoms with Gasteiger partial charge in [0, 0.05) is 0 Å². The first-order valence-electron chi connectivity index (χ1n) is 8.42. The van der Waals surface area contributed by atoms with E-state index in [1.54, 1.807) is 0 Å². The van der Waals surface area contributed by atoms with Crippen molar-refractivity contribution in [3.8, 4) is 0 Å². The van der Waals surface area contributed by atoms with Crippen molar-refractivity contribution in [2.45, 2.75) is 71.1 Å². The number of likely N-dealkylation sites (N-methyl/N-ethyl adjacent to an activating group) is 1. The molecule has 0 unspecified atom stereocenters. The highest BCUT2D eigenvalue weighted by Gasteiger charge is 2.14. The molecule has 0 bridgehead atoms. The summed E-state index contributed by atoms with van der Waals surface area (Å²) in [5.41, 5.74) is 0. The van der Waals surface area contributed by atoms with Crippen LogP contribution in [0.15, 0.2) is 0 Å². The summed E-state index contributed by atoms with van der Waals surface area (Å²) < 4.78 is 5.87. The summed E-state index contributed by atoms with van der Waals surface area (Å²) in [6.07, 6.45) is 13.1. The molecule has 0 aromatic carbocycles. The van der Waals surface area contributed by atoms with Gasteiger partial charge < -0.3 is 21.6 Å². The first kappa shape index (κ1) is 23.0. The molecule has 0 amide bonds. The van der Waals surface area contributed by atoms with Gasteiger partial charge in [0.25, 0.3) is 0 Å². The quantitative estimate of drug-likeness (QED) is 0.289. The number of ether oxygens (including phenoxy) is 1. The van der Waals surface area contributed by atoms with Gasteiger partial charge in [-0.1, -0.05) is 64.7 Å². The Morgan fingerprint density at radius 3 is 1.67 bits per heavy atom. The van der Waals surface area contributed by atoms with Crippen molar-refractivity contribution in [2.75, 3.05) is 34.3 Å². The normalized spacial score (nSPS) is 11.0. The summed E-state index contributed by atoms with van der Waals surface area (Å²) in [5.74, 6) is -0.0755. The highest BCUT2D eigenvalue weighted by molar-refractivity contribution is 5.70. The number of hydrogen-bond acceptors (Lipinski definition) is 2. The zero-order valence-corrected chi connectivity index (χ0v) is 15.4. The lowest BCUT2D eigenvalue weighted by atomic mass is 10.1. The second-order valence-electron chi connectivity index (χ2n) is 6.85. The minimum Gasteiger partial charge on any atom is -1.00 e. The van der Waals surface area contributed by atoms with Gasteiger partial charge in [-0.3, -0.25) is 0 Å². The summed E-state index contributed by atoms with van der Waals surface area (Å²) in [4.78, 5) is 11.5. The van der Waals surface area contributed by atoms with Crippen LogP contribution in [0, 0.1) is 0 Å². The van der Waals surface area contributed by atoms with Crippen LogP contribution in [0.3, 0.4) is 0 Å². The maximum absolute atomic E-state index is 11.5.